The Kier molecular flexibility index (Phi) is 2.06. The van der Waals surface area contributed by atoms with E-state index in [0.29, 0.717) is 6.54 Å². The van der Waals surface area contributed by atoms with Crippen LogP contribution in [0.15, 0.2) is 23.3 Å². The summed E-state index contributed by atoms with van der Waals surface area (Å²) >= 11 is 0. The number of hydrogen-bond donors (Lipinski definition) is 1. The van der Waals surface area contributed by atoms with Gasteiger partial charge >= 0.3 is 0 Å². The maximum atomic E-state index is 5.48. The average Bonchev–Trinajstić information content (AvgIpc) is 1.89. The van der Waals surface area contributed by atoms with Gasteiger partial charge in [-0.3, -0.25) is 0 Å². The summed E-state index contributed by atoms with van der Waals surface area (Å²) < 4.78 is 0. The molecule has 2 N–H and O–H groups in total. The standard InChI is InChI=1S/C8H13N/c1-7-4-2-3-5-8(7)6-9/h3,5H,2,4,6,9H2,1H3. The van der Waals surface area contributed by atoms with Crippen molar-refractivity contribution < 1.29 is 0 Å². The minimum Gasteiger partial charge on any atom is -0.326 e. The molecule has 9 heavy (non-hydrogen) atoms. The van der Waals surface area contributed by atoms with Crippen LogP contribution in [0.5, 0.6) is 0 Å². The van der Waals surface area contributed by atoms with Gasteiger partial charge < -0.3 is 5.73 Å². The van der Waals surface area contributed by atoms with Gasteiger partial charge in [0, 0.05) is 6.54 Å². The van der Waals surface area contributed by atoms with Crippen LogP contribution in [-0.4, -0.2) is 6.54 Å². The molecule has 0 saturated heterocycles. The lowest BCUT2D eigenvalue weighted by molar-refractivity contribution is 0.922. The fraction of sp³-hybridized carbons (Fsp3) is 0.500. The van der Waals surface area contributed by atoms with E-state index in [1.165, 1.54) is 24.0 Å². The van der Waals surface area contributed by atoms with Gasteiger partial charge in [-0.2, -0.15) is 0 Å². The highest BCUT2D eigenvalue weighted by Crippen LogP contribution is 2.16. The molecule has 0 bridgehead atoms. The fourth-order valence-electron chi connectivity index (χ4n) is 1.07. The van der Waals surface area contributed by atoms with Gasteiger partial charge in [0.1, 0.15) is 0 Å². The first kappa shape index (κ1) is 6.56. The van der Waals surface area contributed by atoms with Gasteiger partial charge in [-0.1, -0.05) is 17.7 Å². The van der Waals surface area contributed by atoms with Crippen molar-refractivity contribution in [3.63, 3.8) is 0 Å². The molecule has 0 unspecified atom stereocenters. The molecule has 0 fully saturated rings. The van der Waals surface area contributed by atoms with E-state index in [-0.39, 0.29) is 0 Å². The van der Waals surface area contributed by atoms with Gasteiger partial charge in [-0.25, -0.2) is 0 Å². The smallest absolute Gasteiger partial charge is 0.0177 e. The summed E-state index contributed by atoms with van der Waals surface area (Å²) in [6.07, 6.45) is 6.71. The van der Waals surface area contributed by atoms with E-state index >= 15 is 0 Å². The Morgan fingerprint density at radius 1 is 1.67 bits per heavy atom. The van der Waals surface area contributed by atoms with Crippen LogP contribution in [0.4, 0.5) is 0 Å². The molecule has 0 aromatic rings. The molecule has 0 aliphatic heterocycles. The van der Waals surface area contributed by atoms with Crippen molar-refractivity contribution in [1.82, 2.24) is 0 Å². The number of allylic oxidation sites excluding steroid dienone is 2. The third-order valence-corrected chi connectivity index (χ3v) is 1.77. The van der Waals surface area contributed by atoms with Crippen molar-refractivity contribution in [2.75, 3.05) is 6.54 Å². The summed E-state index contributed by atoms with van der Waals surface area (Å²) in [5.41, 5.74) is 8.26. The molecule has 50 valence electrons. The van der Waals surface area contributed by atoms with Crippen molar-refractivity contribution in [1.29, 1.82) is 0 Å². The van der Waals surface area contributed by atoms with Crippen molar-refractivity contribution in [2.24, 2.45) is 5.73 Å². The molecule has 0 atom stereocenters. The quantitative estimate of drug-likeness (QED) is 0.563. The van der Waals surface area contributed by atoms with Gasteiger partial charge in [-0.05, 0) is 25.3 Å². The second kappa shape index (κ2) is 2.83. The molecule has 1 aliphatic carbocycles. The van der Waals surface area contributed by atoms with Crippen LogP contribution < -0.4 is 5.73 Å². The van der Waals surface area contributed by atoms with Gasteiger partial charge in [0.25, 0.3) is 0 Å². The zero-order chi connectivity index (χ0) is 6.69. The molecule has 0 radical (unpaired) electrons. The Morgan fingerprint density at radius 3 is 2.89 bits per heavy atom. The van der Waals surface area contributed by atoms with Crippen LogP contribution in [0, 0.1) is 0 Å². The van der Waals surface area contributed by atoms with Crippen molar-refractivity contribution in [3.8, 4) is 0 Å². The summed E-state index contributed by atoms with van der Waals surface area (Å²) in [5, 5.41) is 0. The maximum absolute atomic E-state index is 5.48. The second-order valence-corrected chi connectivity index (χ2v) is 2.45. The van der Waals surface area contributed by atoms with Gasteiger partial charge in [0.05, 0.1) is 0 Å². The number of hydrogen-bond acceptors (Lipinski definition) is 1. The monoisotopic (exact) mass is 123 g/mol. The molecule has 1 rings (SSSR count). The van der Waals surface area contributed by atoms with E-state index in [1.807, 2.05) is 0 Å². The van der Waals surface area contributed by atoms with Gasteiger partial charge in [0.15, 0.2) is 0 Å². The van der Waals surface area contributed by atoms with Crippen LogP contribution in [0.1, 0.15) is 19.8 Å². The molecular weight excluding hydrogens is 110 g/mol. The van der Waals surface area contributed by atoms with Crippen LogP contribution in [0.25, 0.3) is 0 Å². The highest BCUT2D eigenvalue weighted by molar-refractivity contribution is 5.28. The van der Waals surface area contributed by atoms with Crippen LogP contribution in [0.2, 0.25) is 0 Å². The van der Waals surface area contributed by atoms with Crippen LogP contribution >= 0.6 is 0 Å². The summed E-state index contributed by atoms with van der Waals surface area (Å²) in [5.74, 6) is 0. The Balaban J connectivity index is 2.72. The molecule has 1 nitrogen and oxygen atoms in total. The normalized spacial score (nSPS) is 18.9. The summed E-state index contributed by atoms with van der Waals surface area (Å²) in [6, 6.07) is 0. The predicted octanol–water partition coefficient (Wildman–Crippen LogP) is 1.61. The topological polar surface area (TPSA) is 26.0 Å². The zero-order valence-electron chi connectivity index (χ0n) is 5.85. The fourth-order valence-corrected chi connectivity index (χ4v) is 1.07. The van der Waals surface area contributed by atoms with Crippen LogP contribution in [0.3, 0.4) is 0 Å². The molecule has 1 aliphatic rings. The van der Waals surface area contributed by atoms with Crippen molar-refractivity contribution >= 4 is 0 Å². The van der Waals surface area contributed by atoms with E-state index in [0.717, 1.165) is 0 Å². The molecule has 0 aromatic carbocycles. The Morgan fingerprint density at radius 2 is 2.44 bits per heavy atom. The Bertz CT molecular complexity index is 154. The third-order valence-electron chi connectivity index (χ3n) is 1.77. The summed E-state index contributed by atoms with van der Waals surface area (Å²) in [6.45, 7) is 2.86. The molecule has 0 amide bonds. The lowest BCUT2D eigenvalue weighted by Crippen LogP contribution is -2.05. The Labute approximate surface area is 56.2 Å². The lowest BCUT2D eigenvalue weighted by atomic mass is 9.99. The van der Waals surface area contributed by atoms with Gasteiger partial charge in [0.2, 0.25) is 0 Å². The summed E-state index contributed by atoms with van der Waals surface area (Å²) in [7, 11) is 0. The largest absolute Gasteiger partial charge is 0.326 e. The average molecular weight is 123 g/mol. The highest BCUT2D eigenvalue weighted by Gasteiger charge is 1.99. The second-order valence-electron chi connectivity index (χ2n) is 2.45. The SMILES string of the molecule is CC1=C(CN)C=CCC1. The van der Waals surface area contributed by atoms with Crippen molar-refractivity contribution in [3.05, 3.63) is 23.3 Å². The van der Waals surface area contributed by atoms with Crippen molar-refractivity contribution in [2.45, 2.75) is 19.8 Å². The molecule has 0 spiro atoms. The lowest BCUT2D eigenvalue weighted by Gasteiger charge is -2.09. The van der Waals surface area contributed by atoms with E-state index in [1.54, 1.807) is 0 Å². The third kappa shape index (κ3) is 1.42. The van der Waals surface area contributed by atoms with Gasteiger partial charge in [-0.15, -0.1) is 0 Å². The van der Waals surface area contributed by atoms with E-state index in [2.05, 4.69) is 19.1 Å². The highest BCUT2D eigenvalue weighted by atomic mass is 14.5. The first-order valence-electron chi connectivity index (χ1n) is 3.40. The minimum atomic E-state index is 0.697. The minimum absolute atomic E-state index is 0.697. The summed E-state index contributed by atoms with van der Waals surface area (Å²) in [4.78, 5) is 0. The number of nitrogens with two attached hydrogens (primary N) is 1. The Hall–Kier alpha value is -0.560. The first-order valence-corrected chi connectivity index (χ1v) is 3.40. The van der Waals surface area contributed by atoms with E-state index in [4.69, 9.17) is 5.73 Å². The predicted molar refractivity (Wildman–Crippen MR) is 40.1 cm³/mol. The van der Waals surface area contributed by atoms with E-state index in [9.17, 15) is 0 Å². The molecule has 1 heteroatoms. The first-order chi connectivity index (χ1) is 4.34. The number of rotatable bonds is 1. The van der Waals surface area contributed by atoms with Crippen LogP contribution in [-0.2, 0) is 0 Å². The van der Waals surface area contributed by atoms with E-state index < -0.39 is 0 Å². The molecular formula is C8H13N. The molecule has 0 aromatic heterocycles. The zero-order valence-corrected chi connectivity index (χ0v) is 5.85. The molecule has 0 saturated carbocycles. The molecule has 0 heterocycles. The maximum Gasteiger partial charge on any atom is 0.0177 e.